The molecule has 1 aliphatic rings. The van der Waals surface area contributed by atoms with Gasteiger partial charge >= 0.3 is 0 Å². The van der Waals surface area contributed by atoms with Gasteiger partial charge in [-0.1, -0.05) is 28.1 Å². The number of carbonyl (C=O) groups is 1. The van der Waals surface area contributed by atoms with E-state index in [4.69, 9.17) is 0 Å². The van der Waals surface area contributed by atoms with Gasteiger partial charge in [0, 0.05) is 11.0 Å². The zero-order valence-electron chi connectivity index (χ0n) is 10.1. The molecule has 1 aromatic rings. The molecule has 0 atom stereocenters. The minimum absolute atomic E-state index is 0. The molecule has 0 aliphatic heterocycles. The zero-order valence-corrected chi connectivity index (χ0v) is 12.5. The zero-order chi connectivity index (χ0) is 12.1. The molecule has 5 heteroatoms. The topological polar surface area (TPSA) is 41.1 Å². The summed E-state index contributed by atoms with van der Waals surface area (Å²) < 4.78 is 1.04. The molecule has 0 aromatic heterocycles. The van der Waals surface area contributed by atoms with Gasteiger partial charge in [0.2, 0.25) is 5.91 Å². The molecule has 0 radical (unpaired) electrons. The van der Waals surface area contributed by atoms with Crippen LogP contribution in [-0.4, -0.2) is 19.0 Å². The lowest BCUT2D eigenvalue weighted by Gasteiger charge is -2.06. The standard InChI is InChI=1S/C13H17BrN2O.ClH/c14-12-3-1-2-11(6-12)8-16-13(17)9-15-7-10-4-5-10;/h1-3,6,10,15H,4-5,7-9H2,(H,16,17);1H. The number of hydrogen-bond acceptors (Lipinski definition) is 2. The van der Waals surface area contributed by atoms with Crippen molar-refractivity contribution < 1.29 is 4.79 Å². The summed E-state index contributed by atoms with van der Waals surface area (Å²) in [7, 11) is 0. The lowest BCUT2D eigenvalue weighted by molar-refractivity contribution is -0.120. The van der Waals surface area contributed by atoms with Crippen LogP contribution in [-0.2, 0) is 11.3 Å². The summed E-state index contributed by atoms with van der Waals surface area (Å²) in [4.78, 5) is 11.5. The van der Waals surface area contributed by atoms with Gasteiger partial charge in [-0.25, -0.2) is 0 Å². The van der Waals surface area contributed by atoms with Gasteiger partial charge in [0.25, 0.3) is 0 Å². The SMILES string of the molecule is Cl.O=C(CNCC1CC1)NCc1cccc(Br)c1. The van der Waals surface area contributed by atoms with Crippen molar-refractivity contribution in [2.45, 2.75) is 19.4 Å². The van der Waals surface area contributed by atoms with Crippen molar-refractivity contribution in [2.24, 2.45) is 5.92 Å². The summed E-state index contributed by atoms with van der Waals surface area (Å²) in [6.45, 7) is 1.98. The number of carbonyl (C=O) groups excluding carboxylic acids is 1. The van der Waals surface area contributed by atoms with Gasteiger partial charge in [-0.15, -0.1) is 12.4 Å². The molecule has 2 N–H and O–H groups in total. The van der Waals surface area contributed by atoms with Gasteiger partial charge < -0.3 is 10.6 Å². The van der Waals surface area contributed by atoms with E-state index < -0.39 is 0 Å². The summed E-state index contributed by atoms with van der Waals surface area (Å²) in [6, 6.07) is 7.96. The fraction of sp³-hybridized carbons (Fsp3) is 0.462. The maximum absolute atomic E-state index is 11.5. The molecule has 1 aromatic carbocycles. The predicted octanol–water partition coefficient (Wildman–Crippen LogP) is 2.49. The van der Waals surface area contributed by atoms with Crippen molar-refractivity contribution in [1.29, 1.82) is 0 Å². The average molecular weight is 334 g/mol. The molecule has 0 unspecified atom stereocenters. The van der Waals surface area contributed by atoms with E-state index in [9.17, 15) is 4.79 Å². The van der Waals surface area contributed by atoms with E-state index in [1.54, 1.807) is 0 Å². The summed E-state index contributed by atoms with van der Waals surface area (Å²) in [5.74, 6) is 0.874. The number of benzene rings is 1. The van der Waals surface area contributed by atoms with Crippen LogP contribution in [0, 0.1) is 5.92 Å². The van der Waals surface area contributed by atoms with Gasteiger partial charge in [0.1, 0.15) is 0 Å². The van der Waals surface area contributed by atoms with Crippen LogP contribution in [0.25, 0.3) is 0 Å². The molecule has 0 saturated heterocycles. The Hall–Kier alpha value is -0.580. The van der Waals surface area contributed by atoms with Gasteiger partial charge in [0.15, 0.2) is 0 Å². The number of amides is 1. The Balaban J connectivity index is 0.00000162. The van der Waals surface area contributed by atoms with Crippen molar-refractivity contribution in [3.8, 4) is 0 Å². The summed E-state index contributed by atoms with van der Waals surface area (Å²) in [5.41, 5.74) is 1.11. The highest BCUT2D eigenvalue weighted by Crippen LogP contribution is 2.27. The molecule has 100 valence electrons. The third-order valence-electron chi connectivity index (χ3n) is 2.79. The molecule has 1 aliphatic carbocycles. The smallest absolute Gasteiger partial charge is 0.234 e. The van der Waals surface area contributed by atoms with E-state index in [2.05, 4.69) is 26.6 Å². The van der Waals surface area contributed by atoms with E-state index in [0.717, 1.165) is 22.5 Å². The first-order valence-electron chi connectivity index (χ1n) is 5.96. The fourth-order valence-corrected chi connectivity index (χ4v) is 2.07. The van der Waals surface area contributed by atoms with Crippen LogP contribution in [0.5, 0.6) is 0 Å². The van der Waals surface area contributed by atoms with Crippen LogP contribution in [0.2, 0.25) is 0 Å². The van der Waals surface area contributed by atoms with Crippen molar-refractivity contribution in [1.82, 2.24) is 10.6 Å². The minimum Gasteiger partial charge on any atom is -0.351 e. The third kappa shape index (κ3) is 5.85. The van der Waals surface area contributed by atoms with E-state index in [0.29, 0.717) is 13.1 Å². The highest BCUT2D eigenvalue weighted by Gasteiger charge is 2.20. The Kier molecular flexibility index (Phi) is 6.68. The second-order valence-corrected chi connectivity index (χ2v) is 5.40. The van der Waals surface area contributed by atoms with Crippen LogP contribution < -0.4 is 10.6 Å². The first-order chi connectivity index (χ1) is 8.24. The van der Waals surface area contributed by atoms with Crippen LogP contribution in [0.4, 0.5) is 0 Å². The fourth-order valence-electron chi connectivity index (χ4n) is 1.62. The molecule has 18 heavy (non-hydrogen) atoms. The van der Waals surface area contributed by atoms with Gasteiger partial charge in [0.05, 0.1) is 6.54 Å². The number of hydrogen-bond donors (Lipinski definition) is 2. The van der Waals surface area contributed by atoms with Crippen molar-refractivity contribution in [2.75, 3.05) is 13.1 Å². The second kappa shape index (κ2) is 7.77. The largest absolute Gasteiger partial charge is 0.351 e. The molecule has 3 nitrogen and oxygen atoms in total. The van der Waals surface area contributed by atoms with E-state index in [1.165, 1.54) is 12.8 Å². The number of halogens is 2. The normalized spacial score (nSPS) is 13.8. The quantitative estimate of drug-likeness (QED) is 0.840. The highest BCUT2D eigenvalue weighted by molar-refractivity contribution is 9.10. The van der Waals surface area contributed by atoms with E-state index in [-0.39, 0.29) is 18.3 Å². The van der Waals surface area contributed by atoms with Crippen molar-refractivity contribution in [3.63, 3.8) is 0 Å². The predicted molar refractivity (Wildman–Crippen MR) is 78.8 cm³/mol. The maximum atomic E-state index is 11.5. The summed E-state index contributed by atoms with van der Waals surface area (Å²) in [6.07, 6.45) is 2.62. The molecular formula is C13H18BrClN2O. The van der Waals surface area contributed by atoms with Crippen LogP contribution in [0.1, 0.15) is 18.4 Å². The molecule has 2 rings (SSSR count). The maximum Gasteiger partial charge on any atom is 0.234 e. The molecule has 0 bridgehead atoms. The van der Waals surface area contributed by atoms with E-state index in [1.807, 2.05) is 24.3 Å². The van der Waals surface area contributed by atoms with Crippen LogP contribution >= 0.6 is 28.3 Å². The Morgan fingerprint density at radius 3 is 2.83 bits per heavy atom. The Morgan fingerprint density at radius 1 is 1.39 bits per heavy atom. The number of nitrogens with one attached hydrogen (secondary N) is 2. The Bertz CT molecular complexity index is 396. The van der Waals surface area contributed by atoms with Gasteiger partial charge in [-0.05, 0) is 43.0 Å². The summed E-state index contributed by atoms with van der Waals surface area (Å²) >= 11 is 3.41. The first-order valence-corrected chi connectivity index (χ1v) is 6.75. The average Bonchev–Trinajstić information content (AvgIpc) is 3.11. The third-order valence-corrected chi connectivity index (χ3v) is 3.29. The lowest BCUT2D eigenvalue weighted by Crippen LogP contribution is -2.34. The van der Waals surface area contributed by atoms with E-state index >= 15 is 0 Å². The van der Waals surface area contributed by atoms with Crippen molar-refractivity contribution in [3.05, 3.63) is 34.3 Å². The Labute approximate surface area is 122 Å². The lowest BCUT2D eigenvalue weighted by atomic mass is 10.2. The van der Waals surface area contributed by atoms with Gasteiger partial charge in [-0.3, -0.25) is 4.79 Å². The molecule has 1 saturated carbocycles. The Morgan fingerprint density at radius 2 is 2.17 bits per heavy atom. The number of rotatable bonds is 6. The minimum atomic E-state index is 0. The van der Waals surface area contributed by atoms with Crippen LogP contribution in [0.15, 0.2) is 28.7 Å². The molecule has 1 fully saturated rings. The van der Waals surface area contributed by atoms with Crippen molar-refractivity contribution >= 4 is 34.2 Å². The monoisotopic (exact) mass is 332 g/mol. The molecule has 0 spiro atoms. The molecule has 0 heterocycles. The van der Waals surface area contributed by atoms with Crippen LogP contribution in [0.3, 0.4) is 0 Å². The molecular weight excluding hydrogens is 316 g/mol. The molecule has 1 amide bonds. The van der Waals surface area contributed by atoms with Gasteiger partial charge in [-0.2, -0.15) is 0 Å². The summed E-state index contributed by atoms with van der Waals surface area (Å²) in [5, 5.41) is 6.07. The highest BCUT2D eigenvalue weighted by atomic mass is 79.9. The second-order valence-electron chi connectivity index (χ2n) is 4.48. The first kappa shape index (κ1) is 15.5.